The molecule has 0 bridgehead atoms. The minimum atomic E-state index is 0.538. The molecule has 1 aromatic carbocycles. The molecule has 0 N–H and O–H groups in total. The van der Waals surface area contributed by atoms with Crippen LogP contribution in [0.25, 0.3) is 5.69 Å². The lowest BCUT2D eigenvalue weighted by molar-refractivity contribution is 0.304. The van der Waals surface area contributed by atoms with E-state index in [9.17, 15) is 0 Å². The lowest BCUT2D eigenvalue weighted by Crippen LogP contribution is -1.98. The van der Waals surface area contributed by atoms with Crippen LogP contribution in [0.5, 0.6) is 5.75 Å². The van der Waals surface area contributed by atoms with Crippen molar-refractivity contribution in [1.82, 2.24) is 14.8 Å². The topological polar surface area (TPSA) is 39.9 Å². The molecule has 2 aromatic heterocycles. The van der Waals surface area contributed by atoms with Gasteiger partial charge in [-0.2, -0.15) is 5.10 Å². The SMILES string of the molecule is CCCc1cncc(OCc2ccc(-n3cccn3)cc2)c1. The molecular weight excluding hydrogens is 274 g/mol. The Morgan fingerprint density at radius 2 is 1.95 bits per heavy atom. The third kappa shape index (κ3) is 3.52. The Morgan fingerprint density at radius 1 is 1.09 bits per heavy atom. The zero-order chi connectivity index (χ0) is 15.2. The maximum absolute atomic E-state index is 5.82. The van der Waals surface area contributed by atoms with Gasteiger partial charge in [-0.3, -0.25) is 4.98 Å². The van der Waals surface area contributed by atoms with Gasteiger partial charge >= 0.3 is 0 Å². The first kappa shape index (κ1) is 14.3. The number of hydrogen-bond acceptors (Lipinski definition) is 3. The van der Waals surface area contributed by atoms with Crippen LogP contribution in [0.1, 0.15) is 24.5 Å². The molecule has 0 aliphatic carbocycles. The molecule has 2 heterocycles. The van der Waals surface area contributed by atoms with Gasteiger partial charge < -0.3 is 4.74 Å². The molecule has 0 atom stereocenters. The zero-order valence-electron chi connectivity index (χ0n) is 12.6. The number of aryl methyl sites for hydroxylation is 1. The van der Waals surface area contributed by atoms with E-state index in [1.54, 1.807) is 12.4 Å². The van der Waals surface area contributed by atoms with E-state index < -0.39 is 0 Å². The standard InChI is InChI=1S/C18H19N3O/c1-2-4-16-11-18(13-19-12-16)22-14-15-5-7-17(8-6-15)21-10-3-9-20-21/h3,5-13H,2,4,14H2,1H3. The number of aromatic nitrogens is 3. The monoisotopic (exact) mass is 293 g/mol. The van der Waals surface area contributed by atoms with Crippen LogP contribution in [-0.4, -0.2) is 14.8 Å². The highest BCUT2D eigenvalue weighted by Gasteiger charge is 2.00. The lowest BCUT2D eigenvalue weighted by atomic mass is 10.2. The van der Waals surface area contributed by atoms with Crippen LogP contribution in [0.3, 0.4) is 0 Å². The number of hydrogen-bond donors (Lipinski definition) is 0. The summed E-state index contributed by atoms with van der Waals surface area (Å²) < 4.78 is 7.66. The second kappa shape index (κ2) is 6.89. The van der Waals surface area contributed by atoms with Crippen LogP contribution in [0.2, 0.25) is 0 Å². The van der Waals surface area contributed by atoms with Crippen molar-refractivity contribution < 1.29 is 4.74 Å². The van der Waals surface area contributed by atoms with Crippen molar-refractivity contribution in [2.45, 2.75) is 26.4 Å². The van der Waals surface area contributed by atoms with Crippen molar-refractivity contribution in [3.63, 3.8) is 0 Å². The van der Waals surface area contributed by atoms with E-state index in [4.69, 9.17) is 4.74 Å². The summed E-state index contributed by atoms with van der Waals surface area (Å²) in [6.07, 6.45) is 9.50. The van der Waals surface area contributed by atoms with E-state index in [-0.39, 0.29) is 0 Å². The first-order chi connectivity index (χ1) is 10.8. The molecule has 4 heteroatoms. The summed E-state index contributed by atoms with van der Waals surface area (Å²) in [6, 6.07) is 12.2. The van der Waals surface area contributed by atoms with Gasteiger partial charge in [-0.15, -0.1) is 0 Å². The molecule has 22 heavy (non-hydrogen) atoms. The fourth-order valence-corrected chi connectivity index (χ4v) is 2.30. The van der Waals surface area contributed by atoms with Gasteiger partial charge in [0.05, 0.1) is 11.9 Å². The van der Waals surface area contributed by atoms with Gasteiger partial charge in [0.15, 0.2) is 0 Å². The first-order valence-electron chi connectivity index (χ1n) is 7.51. The van der Waals surface area contributed by atoms with Gasteiger partial charge in [0.25, 0.3) is 0 Å². The molecule has 0 radical (unpaired) electrons. The molecule has 3 aromatic rings. The minimum absolute atomic E-state index is 0.538. The molecule has 0 spiro atoms. The highest BCUT2D eigenvalue weighted by Crippen LogP contribution is 2.15. The molecule has 0 fully saturated rings. The number of ether oxygens (including phenoxy) is 1. The third-order valence-electron chi connectivity index (χ3n) is 3.42. The minimum Gasteiger partial charge on any atom is -0.487 e. The second-order valence-electron chi connectivity index (χ2n) is 5.18. The van der Waals surface area contributed by atoms with E-state index in [2.05, 4.69) is 35.2 Å². The molecule has 0 aliphatic heterocycles. The van der Waals surface area contributed by atoms with Crippen molar-refractivity contribution in [3.05, 3.63) is 72.3 Å². The zero-order valence-corrected chi connectivity index (χ0v) is 12.6. The van der Waals surface area contributed by atoms with E-state index in [0.29, 0.717) is 6.61 Å². The number of rotatable bonds is 6. The largest absolute Gasteiger partial charge is 0.487 e. The maximum Gasteiger partial charge on any atom is 0.138 e. The van der Waals surface area contributed by atoms with E-state index >= 15 is 0 Å². The summed E-state index contributed by atoms with van der Waals surface area (Å²) in [6.45, 7) is 2.70. The Hall–Kier alpha value is -2.62. The first-order valence-corrected chi connectivity index (χ1v) is 7.51. The Balaban J connectivity index is 1.63. The predicted molar refractivity (Wildman–Crippen MR) is 86.1 cm³/mol. The summed E-state index contributed by atoms with van der Waals surface area (Å²) >= 11 is 0. The van der Waals surface area contributed by atoms with Gasteiger partial charge in [0, 0.05) is 18.6 Å². The van der Waals surface area contributed by atoms with Crippen molar-refractivity contribution in [1.29, 1.82) is 0 Å². The second-order valence-corrected chi connectivity index (χ2v) is 5.18. The highest BCUT2D eigenvalue weighted by atomic mass is 16.5. The third-order valence-corrected chi connectivity index (χ3v) is 3.42. The number of benzene rings is 1. The van der Waals surface area contributed by atoms with Crippen LogP contribution >= 0.6 is 0 Å². The Labute approximate surface area is 130 Å². The van der Waals surface area contributed by atoms with Gasteiger partial charge in [-0.25, -0.2) is 4.68 Å². The highest BCUT2D eigenvalue weighted by molar-refractivity contribution is 5.34. The smallest absolute Gasteiger partial charge is 0.138 e. The van der Waals surface area contributed by atoms with Crippen molar-refractivity contribution in [2.75, 3.05) is 0 Å². The van der Waals surface area contributed by atoms with Crippen molar-refractivity contribution >= 4 is 0 Å². The molecule has 112 valence electrons. The Morgan fingerprint density at radius 3 is 2.68 bits per heavy atom. The summed E-state index contributed by atoms with van der Waals surface area (Å²) in [5.41, 5.74) is 3.38. The van der Waals surface area contributed by atoms with Crippen LogP contribution in [-0.2, 0) is 13.0 Å². The molecule has 3 rings (SSSR count). The average molecular weight is 293 g/mol. The number of pyridine rings is 1. The summed E-state index contributed by atoms with van der Waals surface area (Å²) in [5, 5.41) is 4.21. The predicted octanol–water partition coefficient (Wildman–Crippen LogP) is 3.80. The quantitative estimate of drug-likeness (QED) is 0.694. The maximum atomic E-state index is 5.82. The van der Waals surface area contributed by atoms with E-state index in [1.165, 1.54) is 5.56 Å². The van der Waals surface area contributed by atoms with Gasteiger partial charge in [-0.1, -0.05) is 25.5 Å². The summed E-state index contributed by atoms with van der Waals surface area (Å²) in [5.74, 6) is 0.821. The molecule has 0 saturated carbocycles. The molecule has 4 nitrogen and oxygen atoms in total. The van der Waals surface area contributed by atoms with Crippen molar-refractivity contribution in [3.8, 4) is 11.4 Å². The van der Waals surface area contributed by atoms with E-state index in [1.807, 2.05) is 35.3 Å². The molecule has 0 aliphatic rings. The van der Waals surface area contributed by atoms with Crippen LogP contribution < -0.4 is 4.74 Å². The van der Waals surface area contributed by atoms with Gasteiger partial charge in [0.2, 0.25) is 0 Å². The van der Waals surface area contributed by atoms with Crippen LogP contribution in [0, 0.1) is 0 Å². The molecule has 0 saturated heterocycles. The fraction of sp³-hybridized carbons (Fsp3) is 0.222. The summed E-state index contributed by atoms with van der Waals surface area (Å²) in [4.78, 5) is 4.23. The van der Waals surface area contributed by atoms with E-state index in [0.717, 1.165) is 29.8 Å². The molecule has 0 amide bonds. The molecular formula is C18H19N3O. The molecule has 0 unspecified atom stereocenters. The van der Waals surface area contributed by atoms with Crippen molar-refractivity contribution in [2.24, 2.45) is 0 Å². The van der Waals surface area contributed by atoms with Gasteiger partial charge in [0.1, 0.15) is 12.4 Å². The van der Waals surface area contributed by atoms with Gasteiger partial charge in [-0.05, 0) is 41.8 Å². The number of nitrogens with zero attached hydrogens (tertiary/aromatic N) is 3. The normalized spacial score (nSPS) is 10.6. The Bertz CT molecular complexity index is 705. The summed E-state index contributed by atoms with van der Waals surface area (Å²) in [7, 11) is 0. The average Bonchev–Trinajstić information content (AvgIpc) is 3.09. The van der Waals surface area contributed by atoms with Crippen LogP contribution in [0.4, 0.5) is 0 Å². The fourth-order valence-electron chi connectivity index (χ4n) is 2.30. The van der Waals surface area contributed by atoms with Crippen LogP contribution in [0.15, 0.2) is 61.2 Å². The lowest BCUT2D eigenvalue weighted by Gasteiger charge is -2.08. The Kier molecular flexibility index (Phi) is 4.49.